The van der Waals surface area contributed by atoms with Gasteiger partial charge in [0.05, 0.1) is 30.7 Å². The molecule has 1 aromatic carbocycles. The van der Waals surface area contributed by atoms with Crippen molar-refractivity contribution in [1.29, 1.82) is 0 Å². The third kappa shape index (κ3) is 2.74. The van der Waals surface area contributed by atoms with E-state index in [2.05, 4.69) is 20.9 Å². The maximum absolute atomic E-state index is 11.4. The maximum Gasteiger partial charge on any atom is 0.219 e. The highest BCUT2D eigenvalue weighted by Crippen LogP contribution is 2.41. The molecule has 142 valence electrons. The number of ether oxygens (including phenoxy) is 1. The molecule has 0 bridgehead atoms. The van der Waals surface area contributed by atoms with E-state index in [9.17, 15) is 4.79 Å². The quantitative estimate of drug-likeness (QED) is 0.700. The monoisotopic (exact) mass is 375 g/mol. The molecular weight excluding hydrogens is 354 g/mol. The third-order valence-electron chi connectivity index (χ3n) is 5.66. The van der Waals surface area contributed by atoms with Crippen LogP contribution in [0.15, 0.2) is 42.7 Å². The molecule has 5 rings (SSSR count). The Balaban J connectivity index is 1.35. The Morgan fingerprint density at radius 1 is 1.07 bits per heavy atom. The van der Waals surface area contributed by atoms with E-state index in [-0.39, 0.29) is 11.3 Å². The normalized spacial score (nSPS) is 17.4. The first-order valence-corrected chi connectivity index (χ1v) is 9.33. The lowest BCUT2D eigenvalue weighted by Crippen LogP contribution is -2.73. The van der Waals surface area contributed by atoms with Crippen molar-refractivity contribution in [3.05, 3.63) is 42.7 Å². The van der Waals surface area contributed by atoms with Crippen LogP contribution < -0.4 is 9.64 Å². The molecule has 2 aliphatic heterocycles. The number of anilines is 1. The minimum atomic E-state index is 0.161. The molecular formula is C21H21N5O2. The predicted octanol–water partition coefficient (Wildman–Crippen LogP) is 2.37. The maximum atomic E-state index is 11.4. The van der Waals surface area contributed by atoms with E-state index in [0.29, 0.717) is 5.88 Å². The average molecular weight is 375 g/mol. The summed E-state index contributed by atoms with van der Waals surface area (Å²) in [6.07, 6.45) is 3.60. The molecule has 2 aromatic heterocycles. The second-order valence-electron chi connectivity index (χ2n) is 7.75. The summed E-state index contributed by atoms with van der Waals surface area (Å²) in [5.74, 6) is 1.65. The van der Waals surface area contributed by atoms with Gasteiger partial charge >= 0.3 is 0 Å². The van der Waals surface area contributed by atoms with Crippen molar-refractivity contribution in [3.8, 4) is 17.1 Å². The molecule has 0 unspecified atom stereocenters. The number of carbonyl (C=O) groups excluding carboxylic acids is 1. The molecule has 28 heavy (non-hydrogen) atoms. The Morgan fingerprint density at radius 3 is 2.64 bits per heavy atom. The van der Waals surface area contributed by atoms with Crippen molar-refractivity contribution >= 4 is 22.6 Å². The summed E-state index contributed by atoms with van der Waals surface area (Å²) in [6, 6.07) is 9.92. The highest BCUT2D eigenvalue weighted by atomic mass is 16.5. The van der Waals surface area contributed by atoms with E-state index in [1.54, 1.807) is 20.2 Å². The third-order valence-corrected chi connectivity index (χ3v) is 5.66. The molecule has 0 aliphatic carbocycles. The number of pyridine rings is 1. The van der Waals surface area contributed by atoms with Crippen molar-refractivity contribution in [1.82, 2.24) is 19.9 Å². The van der Waals surface area contributed by atoms with Gasteiger partial charge in [0.15, 0.2) is 0 Å². The number of benzene rings is 1. The van der Waals surface area contributed by atoms with Crippen LogP contribution >= 0.6 is 0 Å². The Morgan fingerprint density at radius 2 is 1.89 bits per heavy atom. The highest BCUT2D eigenvalue weighted by Gasteiger charge is 2.52. The Labute approximate surface area is 163 Å². The number of amides is 1. The summed E-state index contributed by atoms with van der Waals surface area (Å²) in [5, 5.41) is 1.03. The predicted molar refractivity (Wildman–Crippen MR) is 106 cm³/mol. The van der Waals surface area contributed by atoms with Gasteiger partial charge in [0.25, 0.3) is 0 Å². The van der Waals surface area contributed by atoms with Gasteiger partial charge in [-0.25, -0.2) is 9.97 Å². The summed E-state index contributed by atoms with van der Waals surface area (Å²) in [7, 11) is 1.62. The molecule has 7 heteroatoms. The fourth-order valence-electron chi connectivity index (χ4n) is 4.14. The van der Waals surface area contributed by atoms with Gasteiger partial charge in [-0.05, 0) is 18.2 Å². The van der Waals surface area contributed by atoms with E-state index >= 15 is 0 Å². The molecule has 2 aliphatic rings. The zero-order valence-corrected chi connectivity index (χ0v) is 15.9. The van der Waals surface area contributed by atoms with Crippen molar-refractivity contribution in [2.24, 2.45) is 5.41 Å². The number of carbonyl (C=O) groups is 1. The number of aromatic nitrogens is 3. The first-order valence-electron chi connectivity index (χ1n) is 9.33. The fraction of sp³-hybridized carbons (Fsp3) is 0.333. The first kappa shape index (κ1) is 16.9. The zero-order valence-electron chi connectivity index (χ0n) is 15.9. The van der Waals surface area contributed by atoms with Crippen molar-refractivity contribution in [2.75, 3.05) is 38.2 Å². The number of hydrogen-bond acceptors (Lipinski definition) is 6. The molecule has 0 atom stereocenters. The van der Waals surface area contributed by atoms with E-state index < -0.39 is 0 Å². The van der Waals surface area contributed by atoms with E-state index in [4.69, 9.17) is 9.72 Å². The number of nitrogens with zero attached hydrogens (tertiary/aromatic N) is 5. The van der Waals surface area contributed by atoms with Crippen LogP contribution in [0.1, 0.15) is 6.92 Å². The van der Waals surface area contributed by atoms with Crippen molar-refractivity contribution < 1.29 is 9.53 Å². The minimum absolute atomic E-state index is 0.161. The van der Waals surface area contributed by atoms with Crippen LogP contribution in [0, 0.1) is 5.41 Å². The van der Waals surface area contributed by atoms with Crippen LogP contribution in [0.2, 0.25) is 0 Å². The smallest absolute Gasteiger partial charge is 0.219 e. The van der Waals surface area contributed by atoms with Crippen molar-refractivity contribution in [3.63, 3.8) is 0 Å². The molecule has 4 heterocycles. The van der Waals surface area contributed by atoms with Gasteiger partial charge in [-0.3, -0.25) is 9.78 Å². The number of fused-ring (bicyclic) bond motifs is 1. The number of likely N-dealkylation sites (tertiary alicyclic amines) is 1. The second-order valence-corrected chi connectivity index (χ2v) is 7.75. The lowest BCUT2D eigenvalue weighted by atomic mass is 9.73. The highest BCUT2D eigenvalue weighted by molar-refractivity contribution is 5.84. The minimum Gasteiger partial charge on any atom is -0.481 e. The average Bonchev–Trinajstić information content (AvgIpc) is 2.65. The summed E-state index contributed by atoms with van der Waals surface area (Å²) in [6.45, 7) is 5.19. The molecule has 1 amide bonds. The molecule has 2 fully saturated rings. The standard InChI is InChI=1S/C21H21N5O2/c1-14(27)25-10-21(11-25)12-26(13-21)19-9-22-8-18(23-19)16-3-5-17-15(7-16)4-6-20(24-17)28-2/h3-9H,10-13H2,1-2H3. The second kappa shape index (κ2) is 6.15. The molecule has 0 N–H and O–H groups in total. The SMILES string of the molecule is COc1ccc2cc(-c3cncc(N4CC5(CN(C(C)=O)C5)C4)n3)ccc2n1. The van der Waals surface area contributed by atoms with Gasteiger partial charge in [-0.15, -0.1) is 0 Å². The summed E-state index contributed by atoms with van der Waals surface area (Å²) < 4.78 is 5.19. The molecule has 0 saturated carbocycles. The molecule has 2 saturated heterocycles. The Kier molecular flexibility index (Phi) is 3.72. The van der Waals surface area contributed by atoms with Gasteiger partial charge in [0, 0.05) is 55.5 Å². The zero-order chi connectivity index (χ0) is 19.3. The summed E-state index contributed by atoms with van der Waals surface area (Å²) in [5.41, 5.74) is 2.99. The van der Waals surface area contributed by atoms with E-state index in [1.165, 1.54) is 0 Å². The van der Waals surface area contributed by atoms with Crippen LogP contribution in [-0.4, -0.2) is 59.0 Å². The number of rotatable bonds is 3. The van der Waals surface area contributed by atoms with E-state index in [0.717, 1.165) is 54.2 Å². The van der Waals surface area contributed by atoms with Crippen LogP contribution in [-0.2, 0) is 4.79 Å². The van der Waals surface area contributed by atoms with Crippen LogP contribution in [0.5, 0.6) is 5.88 Å². The van der Waals surface area contributed by atoms with Crippen molar-refractivity contribution in [2.45, 2.75) is 6.92 Å². The summed E-state index contributed by atoms with van der Waals surface area (Å²) >= 11 is 0. The van der Waals surface area contributed by atoms with Gasteiger partial charge in [0.2, 0.25) is 11.8 Å². The van der Waals surface area contributed by atoms with Crippen LogP contribution in [0.4, 0.5) is 5.82 Å². The molecule has 1 spiro atoms. The van der Waals surface area contributed by atoms with Crippen LogP contribution in [0.25, 0.3) is 22.2 Å². The van der Waals surface area contributed by atoms with Gasteiger partial charge in [-0.2, -0.15) is 0 Å². The first-order chi connectivity index (χ1) is 13.5. The molecule has 7 nitrogen and oxygen atoms in total. The number of hydrogen-bond donors (Lipinski definition) is 0. The lowest BCUT2D eigenvalue weighted by Gasteiger charge is -2.60. The lowest BCUT2D eigenvalue weighted by molar-refractivity contribution is -0.142. The summed E-state index contributed by atoms with van der Waals surface area (Å²) in [4.78, 5) is 29.2. The molecule has 3 aromatic rings. The van der Waals surface area contributed by atoms with E-state index in [1.807, 2.05) is 35.4 Å². The molecule has 0 radical (unpaired) electrons. The van der Waals surface area contributed by atoms with Crippen LogP contribution in [0.3, 0.4) is 0 Å². The Bertz CT molecular complexity index is 1070. The number of methoxy groups -OCH3 is 1. The van der Waals surface area contributed by atoms with Gasteiger partial charge in [0.1, 0.15) is 5.82 Å². The van der Waals surface area contributed by atoms with Gasteiger partial charge in [-0.1, -0.05) is 6.07 Å². The topological polar surface area (TPSA) is 71.5 Å². The van der Waals surface area contributed by atoms with Gasteiger partial charge < -0.3 is 14.5 Å². The fourth-order valence-corrected chi connectivity index (χ4v) is 4.14. The Hall–Kier alpha value is -3.22. The largest absolute Gasteiger partial charge is 0.481 e.